The van der Waals surface area contributed by atoms with Gasteiger partial charge in [-0.2, -0.15) is 0 Å². The Morgan fingerprint density at radius 2 is 1.95 bits per heavy atom. The van der Waals surface area contributed by atoms with Gasteiger partial charge in [0.2, 0.25) is 5.91 Å². The lowest BCUT2D eigenvalue weighted by Gasteiger charge is -2.03. The lowest BCUT2D eigenvalue weighted by molar-refractivity contribution is -0.402. The number of carboxylic acid groups (broad SMARTS) is 1. The summed E-state index contributed by atoms with van der Waals surface area (Å²) in [5, 5.41) is 22.7. The van der Waals surface area contributed by atoms with Crippen molar-refractivity contribution in [2.24, 2.45) is 0 Å². The molecule has 0 spiro atoms. The van der Waals surface area contributed by atoms with Crippen LogP contribution in [-0.4, -0.2) is 40.9 Å². The van der Waals surface area contributed by atoms with Crippen LogP contribution in [0.15, 0.2) is 16.5 Å². The smallest absolute Gasteiger partial charge is 0.433 e. The molecule has 0 saturated heterocycles. The molecular formula is C9H9N3O7. The zero-order valence-corrected chi connectivity index (χ0v) is 9.41. The molecule has 2 amide bonds. The van der Waals surface area contributed by atoms with E-state index in [0.717, 1.165) is 12.1 Å². The lowest BCUT2D eigenvalue weighted by Crippen LogP contribution is -2.38. The Kier molecular flexibility index (Phi) is 4.57. The number of nitrogens with zero attached hydrogens (tertiary/aromatic N) is 1. The van der Waals surface area contributed by atoms with Crippen molar-refractivity contribution in [1.29, 1.82) is 0 Å². The van der Waals surface area contributed by atoms with Gasteiger partial charge in [-0.05, 0) is 6.07 Å². The van der Waals surface area contributed by atoms with Crippen molar-refractivity contribution < 1.29 is 28.8 Å². The van der Waals surface area contributed by atoms with Crippen molar-refractivity contribution in [2.45, 2.75) is 0 Å². The van der Waals surface area contributed by atoms with Gasteiger partial charge in [-0.1, -0.05) is 0 Å². The number of nitrogens with one attached hydrogen (secondary N) is 2. The van der Waals surface area contributed by atoms with E-state index in [1.807, 2.05) is 5.32 Å². The number of aliphatic carboxylic acids is 1. The quantitative estimate of drug-likeness (QED) is 0.448. The first-order valence-electron chi connectivity index (χ1n) is 4.91. The van der Waals surface area contributed by atoms with Gasteiger partial charge in [-0.3, -0.25) is 24.5 Å². The van der Waals surface area contributed by atoms with E-state index >= 15 is 0 Å². The fourth-order valence-electron chi connectivity index (χ4n) is 1.03. The molecule has 1 rings (SSSR count). The number of hydrogen-bond acceptors (Lipinski definition) is 6. The highest BCUT2D eigenvalue weighted by Crippen LogP contribution is 2.15. The van der Waals surface area contributed by atoms with Crippen molar-refractivity contribution in [3.63, 3.8) is 0 Å². The Hall–Kier alpha value is -2.91. The Labute approximate surface area is 105 Å². The van der Waals surface area contributed by atoms with Crippen LogP contribution in [0.5, 0.6) is 0 Å². The van der Waals surface area contributed by atoms with Gasteiger partial charge >= 0.3 is 11.9 Å². The summed E-state index contributed by atoms with van der Waals surface area (Å²) >= 11 is 0. The highest BCUT2D eigenvalue weighted by molar-refractivity contribution is 5.94. The van der Waals surface area contributed by atoms with Gasteiger partial charge in [0.1, 0.15) is 11.5 Å². The van der Waals surface area contributed by atoms with Crippen molar-refractivity contribution in [3.05, 3.63) is 28.0 Å². The number of nitro groups is 1. The minimum absolute atomic E-state index is 0.322. The summed E-state index contributed by atoms with van der Waals surface area (Å²) in [6.07, 6.45) is 0. The van der Waals surface area contributed by atoms with Crippen LogP contribution in [0.3, 0.4) is 0 Å². The summed E-state index contributed by atoms with van der Waals surface area (Å²) in [6.45, 7) is -1.04. The minimum atomic E-state index is -1.22. The third-order valence-electron chi connectivity index (χ3n) is 1.84. The first-order valence-corrected chi connectivity index (χ1v) is 4.91. The predicted molar refractivity (Wildman–Crippen MR) is 58.3 cm³/mol. The monoisotopic (exact) mass is 271 g/mol. The highest BCUT2D eigenvalue weighted by Gasteiger charge is 2.17. The second-order valence-corrected chi connectivity index (χ2v) is 3.25. The van der Waals surface area contributed by atoms with Gasteiger partial charge in [0, 0.05) is 0 Å². The number of hydrogen-bond donors (Lipinski definition) is 3. The summed E-state index contributed by atoms with van der Waals surface area (Å²) in [7, 11) is 0. The SMILES string of the molecule is O=C(O)CNC(=O)CNC(=O)c1ccc([N+](=O)[O-])o1. The summed E-state index contributed by atoms with van der Waals surface area (Å²) in [4.78, 5) is 42.1. The van der Waals surface area contributed by atoms with E-state index in [1.165, 1.54) is 0 Å². The van der Waals surface area contributed by atoms with E-state index < -0.39 is 41.7 Å². The topological polar surface area (TPSA) is 152 Å². The molecule has 0 aliphatic carbocycles. The van der Waals surface area contributed by atoms with Crippen LogP contribution < -0.4 is 10.6 Å². The largest absolute Gasteiger partial charge is 0.480 e. The van der Waals surface area contributed by atoms with E-state index in [1.54, 1.807) is 0 Å². The molecule has 0 bridgehead atoms. The number of amides is 2. The number of rotatable bonds is 6. The molecule has 0 atom stereocenters. The minimum Gasteiger partial charge on any atom is -0.480 e. The van der Waals surface area contributed by atoms with E-state index in [-0.39, 0.29) is 5.76 Å². The molecule has 0 aliphatic heterocycles. The van der Waals surface area contributed by atoms with E-state index in [9.17, 15) is 24.5 Å². The van der Waals surface area contributed by atoms with E-state index in [0.29, 0.717) is 0 Å². The molecule has 10 heteroatoms. The second-order valence-electron chi connectivity index (χ2n) is 3.25. The normalized spacial score (nSPS) is 9.68. The first-order chi connectivity index (χ1) is 8.90. The maximum atomic E-state index is 11.4. The highest BCUT2D eigenvalue weighted by atomic mass is 16.6. The van der Waals surface area contributed by atoms with Crippen LogP contribution in [0.4, 0.5) is 5.88 Å². The molecule has 1 heterocycles. The lowest BCUT2D eigenvalue weighted by atomic mass is 10.4. The zero-order valence-electron chi connectivity index (χ0n) is 9.41. The molecule has 0 aromatic carbocycles. The van der Waals surface area contributed by atoms with Crippen LogP contribution in [-0.2, 0) is 9.59 Å². The molecular weight excluding hydrogens is 262 g/mol. The van der Waals surface area contributed by atoms with Gasteiger partial charge in [0.25, 0.3) is 5.91 Å². The summed E-state index contributed by atoms with van der Waals surface area (Å²) in [5.74, 6) is -3.67. The Bertz CT molecular complexity index is 522. The molecule has 1 aromatic heterocycles. The van der Waals surface area contributed by atoms with Crippen molar-refractivity contribution in [3.8, 4) is 0 Å². The van der Waals surface area contributed by atoms with Gasteiger partial charge < -0.3 is 20.2 Å². The number of carboxylic acids is 1. The van der Waals surface area contributed by atoms with Crippen molar-refractivity contribution in [1.82, 2.24) is 10.6 Å². The molecule has 0 aliphatic rings. The Balaban J connectivity index is 2.44. The van der Waals surface area contributed by atoms with E-state index in [2.05, 4.69) is 9.73 Å². The molecule has 1 aromatic rings. The summed E-state index contributed by atoms with van der Waals surface area (Å²) in [6, 6.07) is 2.09. The second kappa shape index (κ2) is 6.14. The van der Waals surface area contributed by atoms with Crippen LogP contribution in [0, 0.1) is 10.1 Å². The van der Waals surface area contributed by atoms with Crippen LogP contribution in [0.2, 0.25) is 0 Å². The number of carbonyl (C=O) groups excluding carboxylic acids is 2. The van der Waals surface area contributed by atoms with E-state index in [4.69, 9.17) is 5.11 Å². The number of furan rings is 1. The van der Waals surface area contributed by atoms with Gasteiger partial charge in [0.15, 0.2) is 5.76 Å². The average Bonchev–Trinajstić information content (AvgIpc) is 2.83. The standard InChI is InChI=1S/C9H9N3O7/c13-6(10-4-8(14)15)3-11-9(16)5-1-2-7(19-5)12(17)18/h1-2H,3-4H2,(H,10,13)(H,11,16)(H,14,15). The first kappa shape index (κ1) is 14.2. The van der Waals surface area contributed by atoms with Gasteiger partial charge in [0.05, 0.1) is 12.6 Å². The molecule has 102 valence electrons. The molecule has 0 fully saturated rings. The summed E-state index contributed by atoms with van der Waals surface area (Å²) in [5.41, 5.74) is 0. The number of carbonyl (C=O) groups is 3. The summed E-state index contributed by atoms with van der Waals surface area (Å²) < 4.78 is 4.60. The molecule has 0 radical (unpaired) electrons. The van der Waals surface area contributed by atoms with Gasteiger partial charge in [-0.15, -0.1) is 0 Å². The van der Waals surface area contributed by atoms with Crippen LogP contribution in [0.25, 0.3) is 0 Å². The molecule has 3 N–H and O–H groups in total. The van der Waals surface area contributed by atoms with Crippen LogP contribution >= 0.6 is 0 Å². The molecule has 0 unspecified atom stereocenters. The van der Waals surface area contributed by atoms with Gasteiger partial charge in [-0.25, -0.2) is 0 Å². The fourth-order valence-corrected chi connectivity index (χ4v) is 1.03. The molecule has 0 saturated carbocycles. The maximum absolute atomic E-state index is 11.4. The third-order valence-corrected chi connectivity index (χ3v) is 1.84. The predicted octanol–water partition coefficient (Wildman–Crippen LogP) is -0.882. The van der Waals surface area contributed by atoms with Crippen molar-refractivity contribution >= 4 is 23.7 Å². The zero-order chi connectivity index (χ0) is 14.4. The Morgan fingerprint density at radius 3 is 2.47 bits per heavy atom. The van der Waals surface area contributed by atoms with Crippen LogP contribution in [0.1, 0.15) is 10.6 Å². The molecule has 10 nitrogen and oxygen atoms in total. The Morgan fingerprint density at radius 1 is 1.26 bits per heavy atom. The average molecular weight is 271 g/mol. The fraction of sp³-hybridized carbons (Fsp3) is 0.222. The molecule has 19 heavy (non-hydrogen) atoms. The van der Waals surface area contributed by atoms with Crippen molar-refractivity contribution in [2.75, 3.05) is 13.1 Å². The maximum Gasteiger partial charge on any atom is 0.433 e. The third kappa shape index (κ3) is 4.46.